The molecule has 1 heterocycles. The summed E-state index contributed by atoms with van der Waals surface area (Å²) in [6.07, 6.45) is -0.433. The fourth-order valence-corrected chi connectivity index (χ4v) is 4.18. The predicted molar refractivity (Wildman–Crippen MR) is 98.5 cm³/mol. The molecule has 1 aromatic carbocycles. The zero-order valence-corrected chi connectivity index (χ0v) is 15.5. The SMILES string of the molecule is Cc1ccc(C(=O)NCC(F)(F)F)cc1NC(=O)c1csc2c1CCCC2. The average Bonchev–Trinajstić information content (AvgIpc) is 3.05. The van der Waals surface area contributed by atoms with Gasteiger partial charge in [-0.1, -0.05) is 6.07 Å². The number of carbonyl (C=O) groups is 2. The van der Waals surface area contributed by atoms with E-state index in [-0.39, 0.29) is 11.5 Å². The Balaban J connectivity index is 1.76. The van der Waals surface area contributed by atoms with Crippen molar-refractivity contribution in [1.29, 1.82) is 0 Å². The highest BCUT2D eigenvalue weighted by Gasteiger charge is 2.28. The van der Waals surface area contributed by atoms with E-state index in [0.29, 0.717) is 11.3 Å². The summed E-state index contributed by atoms with van der Waals surface area (Å²) in [5.41, 5.74) is 2.92. The van der Waals surface area contributed by atoms with Gasteiger partial charge >= 0.3 is 6.18 Å². The van der Waals surface area contributed by atoms with Crippen molar-refractivity contribution in [3.63, 3.8) is 0 Å². The normalized spacial score (nSPS) is 13.8. The number of hydrogen-bond donors (Lipinski definition) is 2. The van der Waals surface area contributed by atoms with Gasteiger partial charge in [-0.25, -0.2) is 0 Å². The van der Waals surface area contributed by atoms with E-state index in [2.05, 4.69) is 5.32 Å². The van der Waals surface area contributed by atoms with Gasteiger partial charge in [-0.2, -0.15) is 13.2 Å². The number of amides is 2. The Bertz CT molecular complexity index is 874. The van der Waals surface area contributed by atoms with Crippen LogP contribution < -0.4 is 10.6 Å². The second kappa shape index (κ2) is 7.72. The van der Waals surface area contributed by atoms with E-state index in [4.69, 9.17) is 0 Å². The molecular formula is C19H19F3N2O2S. The van der Waals surface area contributed by atoms with Gasteiger partial charge in [-0.05, 0) is 55.9 Å². The summed E-state index contributed by atoms with van der Waals surface area (Å²) >= 11 is 1.58. The summed E-state index contributed by atoms with van der Waals surface area (Å²) in [6, 6.07) is 4.43. The maximum Gasteiger partial charge on any atom is 0.405 e. The Morgan fingerprint density at radius 2 is 1.89 bits per heavy atom. The van der Waals surface area contributed by atoms with Crippen molar-refractivity contribution < 1.29 is 22.8 Å². The lowest BCUT2D eigenvalue weighted by atomic mass is 9.95. The summed E-state index contributed by atoms with van der Waals surface area (Å²) in [5.74, 6) is -1.10. The molecule has 2 N–H and O–H groups in total. The van der Waals surface area contributed by atoms with E-state index in [0.717, 1.165) is 36.8 Å². The lowest BCUT2D eigenvalue weighted by Gasteiger charge is -2.14. The molecule has 2 aromatic rings. The van der Waals surface area contributed by atoms with Crippen LogP contribution in [0, 0.1) is 6.92 Å². The number of thiophene rings is 1. The van der Waals surface area contributed by atoms with E-state index in [1.54, 1.807) is 24.3 Å². The third kappa shape index (κ3) is 4.68. The molecule has 8 heteroatoms. The zero-order valence-electron chi connectivity index (χ0n) is 14.7. The van der Waals surface area contributed by atoms with Crippen molar-refractivity contribution in [2.24, 2.45) is 0 Å². The van der Waals surface area contributed by atoms with Crippen molar-refractivity contribution >= 4 is 28.8 Å². The molecule has 1 aliphatic carbocycles. The summed E-state index contributed by atoms with van der Waals surface area (Å²) in [7, 11) is 0. The first-order chi connectivity index (χ1) is 12.7. The molecule has 0 atom stereocenters. The van der Waals surface area contributed by atoms with E-state index in [1.807, 2.05) is 10.7 Å². The minimum atomic E-state index is -4.48. The number of hydrogen-bond acceptors (Lipinski definition) is 3. The highest BCUT2D eigenvalue weighted by molar-refractivity contribution is 7.10. The molecule has 27 heavy (non-hydrogen) atoms. The number of halogens is 3. The molecule has 0 unspecified atom stereocenters. The van der Waals surface area contributed by atoms with Crippen LogP contribution in [0.1, 0.15) is 49.6 Å². The number of aryl methyl sites for hydroxylation is 2. The molecule has 0 aliphatic heterocycles. The minimum Gasteiger partial charge on any atom is -0.343 e. The first kappa shape index (κ1) is 19.4. The van der Waals surface area contributed by atoms with Gasteiger partial charge in [0.25, 0.3) is 11.8 Å². The smallest absolute Gasteiger partial charge is 0.343 e. The quantitative estimate of drug-likeness (QED) is 0.801. The van der Waals surface area contributed by atoms with Crippen LogP contribution in [0.25, 0.3) is 0 Å². The molecule has 144 valence electrons. The number of carbonyl (C=O) groups excluding carboxylic acids is 2. The van der Waals surface area contributed by atoms with Crippen LogP contribution in [0.5, 0.6) is 0 Å². The van der Waals surface area contributed by atoms with Gasteiger partial charge in [0, 0.05) is 21.5 Å². The molecule has 1 aliphatic rings. The van der Waals surface area contributed by atoms with E-state index < -0.39 is 18.6 Å². The Morgan fingerprint density at radius 3 is 2.63 bits per heavy atom. The van der Waals surface area contributed by atoms with Crippen LogP contribution in [-0.4, -0.2) is 24.5 Å². The minimum absolute atomic E-state index is 0.0625. The first-order valence-corrected chi connectivity index (χ1v) is 9.49. The van der Waals surface area contributed by atoms with Gasteiger partial charge in [0.05, 0.1) is 5.56 Å². The highest BCUT2D eigenvalue weighted by atomic mass is 32.1. The molecule has 0 radical (unpaired) electrons. The Hall–Kier alpha value is -2.35. The maximum absolute atomic E-state index is 12.7. The summed E-state index contributed by atoms with van der Waals surface area (Å²) < 4.78 is 36.8. The Labute approximate surface area is 158 Å². The fourth-order valence-electron chi connectivity index (χ4n) is 3.05. The van der Waals surface area contributed by atoms with Gasteiger partial charge in [0.1, 0.15) is 6.54 Å². The standard InChI is InChI=1S/C19H19F3N2O2S/c1-11-6-7-12(17(25)23-10-19(20,21)22)8-15(11)24-18(26)14-9-27-16-5-3-2-4-13(14)16/h6-9H,2-5,10H2,1H3,(H,23,25)(H,24,26). The topological polar surface area (TPSA) is 58.2 Å². The molecule has 1 aromatic heterocycles. The monoisotopic (exact) mass is 396 g/mol. The average molecular weight is 396 g/mol. The van der Waals surface area contributed by atoms with E-state index in [1.165, 1.54) is 17.0 Å². The summed E-state index contributed by atoms with van der Waals surface area (Å²) in [4.78, 5) is 25.9. The van der Waals surface area contributed by atoms with Crippen LogP contribution in [0.3, 0.4) is 0 Å². The molecule has 0 saturated carbocycles. The van der Waals surface area contributed by atoms with Crippen molar-refractivity contribution in [3.05, 3.63) is 50.7 Å². The molecule has 2 amide bonds. The Kier molecular flexibility index (Phi) is 5.55. The molecule has 0 spiro atoms. The molecule has 4 nitrogen and oxygen atoms in total. The highest BCUT2D eigenvalue weighted by Crippen LogP contribution is 2.31. The number of anilines is 1. The van der Waals surface area contributed by atoms with Gasteiger partial charge in [-0.15, -0.1) is 11.3 Å². The maximum atomic E-state index is 12.7. The predicted octanol–water partition coefficient (Wildman–Crippen LogP) is 4.48. The second-order valence-electron chi connectivity index (χ2n) is 6.54. The lowest BCUT2D eigenvalue weighted by molar-refractivity contribution is -0.123. The van der Waals surface area contributed by atoms with Gasteiger partial charge in [0.15, 0.2) is 0 Å². The van der Waals surface area contributed by atoms with Crippen LogP contribution >= 0.6 is 11.3 Å². The molecule has 3 rings (SSSR count). The van der Waals surface area contributed by atoms with Crippen molar-refractivity contribution in [1.82, 2.24) is 5.32 Å². The van der Waals surface area contributed by atoms with E-state index >= 15 is 0 Å². The van der Waals surface area contributed by atoms with Crippen molar-refractivity contribution in [2.75, 3.05) is 11.9 Å². The number of benzene rings is 1. The molecule has 0 fully saturated rings. The number of rotatable bonds is 4. The van der Waals surface area contributed by atoms with Gasteiger partial charge in [0.2, 0.25) is 0 Å². The fraction of sp³-hybridized carbons (Fsp3) is 0.368. The molecular weight excluding hydrogens is 377 g/mol. The van der Waals surface area contributed by atoms with Gasteiger partial charge < -0.3 is 10.6 Å². The van der Waals surface area contributed by atoms with Crippen LogP contribution in [-0.2, 0) is 12.8 Å². The third-order valence-corrected chi connectivity index (χ3v) is 5.59. The van der Waals surface area contributed by atoms with Gasteiger partial charge in [-0.3, -0.25) is 9.59 Å². The van der Waals surface area contributed by atoms with Crippen LogP contribution in [0.4, 0.5) is 18.9 Å². The van der Waals surface area contributed by atoms with E-state index in [9.17, 15) is 22.8 Å². The second-order valence-corrected chi connectivity index (χ2v) is 7.50. The Morgan fingerprint density at radius 1 is 1.15 bits per heavy atom. The first-order valence-electron chi connectivity index (χ1n) is 8.61. The van der Waals surface area contributed by atoms with Crippen LogP contribution in [0.15, 0.2) is 23.6 Å². The number of alkyl halides is 3. The third-order valence-electron chi connectivity index (χ3n) is 4.50. The summed E-state index contributed by atoms with van der Waals surface area (Å²) in [6.45, 7) is 0.360. The largest absolute Gasteiger partial charge is 0.405 e. The molecule has 0 bridgehead atoms. The molecule has 0 saturated heterocycles. The number of fused-ring (bicyclic) bond motifs is 1. The zero-order chi connectivity index (χ0) is 19.6. The number of nitrogens with one attached hydrogen (secondary N) is 2. The van der Waals surface area contributed by atoms with Crippen molar-refractivity contribution in [3.8, 4) is 0 Å². The van der Waals surface area contributed by atoms with Crippen LogP contribution in [0.2, 0.25) is 0 Å². The summed E-state index contributed by atoms with van der Waals surface area (Å²) in [5, 5.41) is 6.48. The van der Waals surface area contributed by atoms with Crippen molar-refractivity contribution in [2.45, 2.75) is 38.8 Å². The lowest BCUT2D eigenvalue weighted by Crippen LogP contribution is -2.33.